The van der Waals surface area contributed by atoms with Gasteiger partial charge < -0.3 is 9.84 Å². The van der Waals surface area contributed by atoms with Crippen molar-refractivity contribution in [1.82, 2.24) is 4.98 Å². The van der Waals surface area contributed by atoms with Crippen molar-refractivity contribution in [3.05, 3.63) is 24.3 Å². The average Bonchev–Trinajstić information content (AvgIpc) is 2.15. The number of aromatic nitrogens is 1. The molecule has 0 saturated heterocycles. The van der Waals surface area contributed by atoms with Crippen LogP contribution in [-0.2, 0) is 0 Å². The SMILES string of the molecule is OCCCCOc1cccnc1F. The van der Waals surface area contributed by atoms with Gasteiger partial charge in [-0.05, 0) is 25.0 Å². The van der Waals surface area contributed by atoms with E-state index in [2.05, 4.69) is 4.98 Å². The molecule has 3 nitrogen and oxygen atoms in total. The summed E-state index contributed by atoms with van der Waals surface area (Å²) in [6.45, 7) is 0.544. The molecule has 1 heterocycles. The Morgan fingerprint density at radius 3 is 3.00 bits per heavy atom. The minimum atomic E-state index is -0.591. The molecule has 0 saturated carbocycles. The lowest BCUT2D eigenvalue weighted by Crippen LogP contribution is -2.00. The first kappa shape index (κ1) is 9.92. The molecule has 0 atom stereocenters. The molecule has 0 fully saturated rings. The number of halogens is 1. The third kappa shape index (κ3) is 3.38. The summed E-state index contributed by atoms with van der Waals surface area (Å²) < 4.78 is 17.9. The summed E-state index contributed by atoms with van der Waals surface area (Å²) in [4.78, 5) is 3.44. The molecule has 13 heavy (non-hydrogen) atoms. The highest BCUT2D eigenvalue weighted by Crippen LogP contribution is 2.12. The van der Waals surface area contributed by atoms with Crippen LogP contribution in [0.25, 0.3) is 0 Å². The largest absolute Gasteiger partial charge is 0.489 e. The molecule has 0 aliphatic heterocycles. The van der Waals surface area contributed by atoms with Crippen LogP contribution in [0.3, 0.4) is 0 Å². The lowest BCUT2D eigenvalue weighted by Gasteiger charge is -2.04. The van der Waals surface area contributed by atoms with Gasteiger partial charge in [0.2, 0.25) is 0 Å². The van der Waals surface area contributed by atoms with E-state index in [0.717, 1.165) is 0 Å². The van der Waals surface area contributed by atoms with Gasteiger partial charge in [-0.1, -0.05) is 0 Å². The van der Waals surface area contributed by atoms with Gasteiger partial charge >= 0.3 is 0 Å². The summed E-state index contributed by atoms with van der Waals surface area (Å²) in [6.07, 6.45) is 2.75. The van der Waals surface area contributed by atoms with Crippen LogP contribution in [0.1, 0.15) is 12.8 Å². The van der Waals surface area contributed by atoms with Gasteiger partial charge in [0.1, 0.15) is 0 Å². The third-order valence-corrected chi connectivity index (χ3v) is 1.53. The molecule has 0 bridgehead atoms. The van der Waals surface area contributed by atoms with E-state index in [4.69, 9.17) is 9.84 Å². The van der Waals surface area contributed by atoms with Gasteiger partial charge in [-0.3, -0.25) is 0 Å². The number of rotatable bonds is 5. The van der Waals surface area contributed by atoms with Gasteiger partial charge in [-0.2, -0.15) is 4.39 Å². The van der Waals surface area contributed by atoms with E-state index in [1.54, 1.807) is 6.07 Å². The molecule has 0 aliphatic carbocycles. The molecule has 0 aromatic carbocycles. The van der Waals surface area contributed by atoms with Crippen molar-refractivity contribution < 1.29 is 14.2 Å². The van der Waals surface area contributed by atoms with Crippen molar-refractivity contribution in [2.75, 3.05) is 13.2 Å². The highest BCUT2D eigenvalue weighted by atomic mass is 19.1. The van der Waals surface area contributed by atoms with E-state index in [1.165, 1.54) is 12.3 Å². The normalized spacial score (nSPS) is 10.0. The predicted octanol–water partition coefficient (Wildman–Crippen LogP) is 1.37. The predicted molar refractivity (Wildman–Crippen MR) is 46.0 cm³/mol. The molecular weight excluding hydrogens is 173 g/mol. The molecular formula is C9H12FNO2. The van der Waals surface area contributed by atoms with Crippen LogP contribution in [0.15, 0.2) is 18.3 Å². The highest BCUT2D eigenvalue weighted by Gasteiger charge is 2.01. The lowest BCUT2D eigenvalue weighted by molar-refractivity contribution is 0.247. The van der Waals surface area contributed by atoms with E-state index in [0.29, 0.717) is 19.4 Å². The zero-order valence-electron chi connectivity index (χ0n) is 7.24. The van der Waals surface area contributed by atoms with E-state index in [1.807, 2.05) is 0 Å². The number of nitrogens with zero attached hydrogens (tertiary/aromatic N) is 1. The Labute approximate surface area is 76.2 Å². The summed E-state index contributed by atoms with van der Waals surface area (Å²) >= 11 is 0. The summed E-state index contributed by atoms with van der Waals surface area (Å²) in [6, 6.07) is 3.14. The molecule has 1 rings (SSSR count). The van der Waals surface area contributed by atoms with Crippen LogP contribution >= 0.6 is 0 Å². The quantitative estimate of drug-likeness (QED) is 0.556. The van der Waals surface area contributed by atoms with Crippen molar-refractivity contribution in [3.8, 4) is 5.75 Å². The zero-order chi connectivity index (χ0) is 9.52. The van der Waals surface area contributed by atoms with Gasteiger partial charge in [-0.25, -0.2) is 4.98 Å². The molecule has 4 heteroatoms. The summed E-state index contributed by atoms with van der Waals surface area (Å²) in [5.41, 5.74) is 0. The number of hydrogen-bond acceptors (Lipinski definition) is 3. The van der Waals surface area contributed by atoms with Gasteiger partial charge in [-0.15, -0.1) is 0 Å². The molecule has 1 aromatic heterocycles. The Morgan fingerprint density at radius 1 is 1.46 bits per heavy atom. The van der Waals surface area contributed by atoms with Crippen molar-refractivity contribution >= 4 is 0 Å². The number of aliphatic hydroxyl groups is 1. The van der Waals surface area contributed by atoms with Gasteiger partial charge in [0.15, 0.2) is 5.75 Å². The first-order valence-corrected chi connectivity index (χ1v) is 4.19. The second-order valence-corrected chi connectivity index (χ2v) is 2.57. The Hall–Kier alpha value is -1.16. The maximum Gasteiger partial charge on any atom is 0.255 e. The van der Waals surface area contributed by atoms with Crippen molar-refractivity contribution in [3.63, 3.8) is 0 Å². The van der Waals surface area contributed by atoms with E-state index in [9.17, 15) is 4.39 Å². The second kappa shape index (κ2) is 5.48. The summed E-state index contributed by atoms with van der Waals surface area (Å²) in [5, 5.41) is 8.48. The highest BCUT2D eigenvalue weighted by molar-refractivity contribution is 5.17. The minimum absolute atomic E-state index is 0.138. The van der Waals surface area contributed by atoms with Gasteiger partial charge in [0.25, 0.3) is 5.95 Å². The van der Waals surface area contributed by atoms with Crippen LogP contribution in [0.5, 0.6) is 5.75 Å². The van der Waals surface area contributed by atoms with E-state index in [-0.39, 0.29) is 12.4 Å². The molecule has 1 N–H and O–H groups in total. The molecule has 0 spiro atoms. The number of unbranched alkanes of at least 4 members (excludes halogenated alkanes) is 1. The van der Waals surface area contributed by atoms with E-state index < -0.39 is 5.95 Å². The first-order valence-electron chi connectivity index (χ1n) is 4.19. The number of ether oxygens (including phenoxy) is 1. The fourth-order valence-corrected chi connectivity index (χ4v) is 0.875. The standard InChI is InChI=1S/C9H12FNO2/c10-9-8(4-3-5-11-9)13-7-2-1-6-12/h3-5,12H,1-2,6-7H2. The Bertz CT molecular complexity index is 255. The number of pyridine rings is 1. The fraction of sp³-hybridized carbons (Fsp3) is 0.444. The van der Waals surface area contributed by atoms with Crippen LogP contribution < -0.4 is 4.74 Å². The van der Waals surface area contributed by atoms with Gasteiger partial charge in [0.05, 0.1) is 6.61 Å². The van der Waals surface area contributed by atoms with E-state index >= 15 is 0 Å². The molecule has 0 radical (unpaired) electrons. The Balaban J connectivity index is 2.32. The zero-order valence-corrected chi connectivity index (χ0v) is 7.24. The van der Waals surface area contributed by atoms with Crippen molar-refractivity contribution in [2.24, 2.45) is 0 Å². The van der Waals surface area contributed by atoms with Crippen molar-refractivity contribution in [2.45, 2.75) is 12.8 Å². The number of hydrogen-bond donors (Lipinski definition) is 1. The second-order valence-electron chi connectivity index (χ2n) is 2.57. The monoisotopic (exact) mass is 185 g/mol. The van der Waals surface area contributed by atoms with Crippen molar-refractivity contribution in [1.29, 1.82) is 0 Å². The van der Waals surface area contributed by atoms with Crippen LogP contribution in [-0.4, -0.2) is 23.3 Å². The first-order chi connectivity index (χ1) is 6.34. The minimum Gasteiger partial charge on any atom is -0.489 e. The van der Waals surface area contributed by atoms with Crippen LogP contribution in [0.2, 0.25) is 0 Å². The molecule has 0 amide bonds. The topological polar surface area (TPSA) is 42.4 Å². The fourth-order valence-electron chi connectivity index (χ4n) is 0.875. The van der Waals surface area contributed by atoms with Crippen LogP contribution in [0.4, 0.5) is 4.39 Å². The lowest BCUT2D eigenvalue weighted by atomic mass is 10.3. The smallest absolute Gasteiger partial charge is 0.255 e. The molecule has 72 valence electrons. The Morgan fingerprint density at radius 2 is 2.31 bits per heavy atom. The van der Waals surface area contributed by atoms with Gasteiger partial charge in [0, 0.05) is 12.8 Å². The number of aliphatic hydroxyl groups excluding tert-OH is 1. The maximum atomic E-state index is 12.8. The molecule has 0 unspecified atom stereocenters. The third-order valence-electron chi connectivity index (χ3n) is 1.53. The summed E-state index contributed by atoms with van der Waals surface area (Å²) in [7, 11) is 0. The average molecular weight is 185 g/mol. The van der Waals surface area contributed by atoms with Crippen LogP contribution in [0, 0.1) is 5.95 Å². The summed E-state index contributed by atoms with van der Waals surface area (Å²) in [5.74, 6) is -0.424. The maximum absolute atomic E-state index is 12.8. The molecule has 0 aliphatic rings. The molecule has 1 aromatic rings. The Kier molecular flexibility index (Phi) is 4.18.